The van der Waals surface area contributed by atoms with Gasteiger partial charge in [0.1, 0.15) is 0 Å². The van der Waals surface area contributed by atoms with Gasteiger partial charge in [0.25, 0.3) is 5.91 Å². The molecular weight excluding hydrogens is 368 g/mol. The second kappa shape index (κ2) is 10.4. The summed E-state index contributed by atoms with van der Waals surface area (Å²) in [6.45, 7) is 6.36. The molecule has 0 radical (unpaired) electrons. The summed E-state index contributed by atoms with van der Waals surface area (Å²) in [6.07, 6.45) is 3.11. The maximum absolute atomic E-state index is 12.9. The van der Waals surface area contributed by atoms with Gasteiger partial charge in [0.2, 0.25) is 5.91 Å². The molecule has 0 saturated carbocycles. The summed E-state index contributed by atoms with van der Waals surface area (Å²) >= 11 is 6.32. The number of ether oxygens (including phenoxy) is 2. The molecule has 0 spiro atoms. The van der Waals surface area contributed by atoms with Crippen LogP contribution in [0.5, 0.6) is 11.5 Å². The smallest absolute Gasteiger partial charge is 0.254 e. The van der Waals surface area contributed by atoms with Crippen LogP contribution in [0.3, 0.4) is 0 Å². The summed E-state index contributed by atoms with van der Waals surface area (Å²) in [5, 5.41) is 3.29. The van der Waals surface area contributed by atoms with Crippen molar-refractivity contribution in [1.82, 2.24) is 10.2 Å². The molecule has 2 amide bonds. The summed E-state index contributed by atoms with van der Waals surface area (Å²) in [6, 6.07) is 3.29. The molecule has 1 heterocycles. The predicted molar refractivity (Wildman–Crippen MR) is 106 cm³/mol. The lowest BCUT2D eigenvalue weighted by Crippen LogP contribution is -2.43. The lowest BCUT2D eigenvalue weighted by Gasteiger charge is -2.31. The highest BCUT2D eigenvalue weighted by Gasteiger charge is 2.28. The fraction of sp³-hybridized carbons (Fsp3) is 0.600. The summed E-state index contributed by atoms with van der Waals surface area (Å²) in [5.74, 6) is 0.872. The molecule has 1 aromatic carbocycles. The number of piperidine rings is 1. The van der Waals surface area contributed by atoms with Gasteiger partial charge in [-0.3, -0.25) is 9.59 Å². The zero-order valence-electron chi connectivity index (χ0n) is 16.3. The van der Waals surface area contributed by atoms with Crippen LogP contribution in [0.1, 0.15) is 49.9 Å². The minimum absolute atomic E-state index is 0.0245. The van der Waals surface area contributed by atoms with Gasteiger partial charge in [0.05, 0.1) is 18.7 Å². The van der Waals surface area contributed by atoms with Crippen molar-refractivity contribution in [3.8, 4) is 11.5 Å². The normalized spacial score (nSPS) is 14.7. The van der Waals surface area contributed by atoms with Gasteiger partial charge >= 0.3 is 0 Å². The van der Waals surface area contributed by atoms with Crippen LogP contribution >= 0.6 is 11.6 Å². The highest BCUT2D eigenvalue weighted by Crippen LogP contribution is 2.37. The van der Waals surface area contributed by atoms with Gasteiger partial charge in [-0.15, -0.1) is 0 Å². The second-order valence-corrected chi connectivity index (χ2v) is 7.10. The molecule has 6 nitrogen and oxygen atoms in total. The number of likely N-dealkylation sites (tertiary alicyclic amines) is 1. The van der Waals surface area contributed by atoms with Gasteiger partial charge in [0, 0.05) is 31.1 Å². The topological polar surface area (TPSA) is 67.9 Å². The predicted octanol–water partition coefficient (Wildman–Crippen LogP) is 3.52. The van der Waals surface area contributed by atoms with Crippen molar-refractivity contribution in [2.45, 2.75) is 39.5 Å². The highest BCUT2D eigenvalue weighted by atomic mass is 35.5. The lowest BCUT2D eigenvalue weighted by atomic mass is 9.95. The first-order valence-corrected chi connectivity index (χ1v) is 9.96. The molecule has 1 saturated heterocycles. The van der Waals surface area contributed by atoms with Crippen LogP contribution in [0.25, 0.3) is 0 Å². The van der Waals surface area contributed by atoms with Gasteiger partial charge in [0.15, 0.2) is 11.5 Å². The summed E-state index contributed by atoms with van der Waals surface area (Å²) < 4.78 is 11.0. The van der Waals surface area contributed by atoms with Crippen molar-refractivity contribution >= 4 is 23.4 Å². The molecule has 0 unspecified atom stereocenters. The van der Waals surface area contributed by atoms with Crippen molar-refractivity contribution in [1.29, 1.82) is 0 Å². The highest BCUT2D eigenvalue weighted by molar-refractivity contribution is 6.32. The Bertz CT molecular complexity index is 658. The molecule has 1 aliphatic heterocycles. The quantitative estimate of drug-likeness (QED) is 0.730. The first-order chi connectivity index (χ1) is 13.0. The summed E-state index contributed by atoms with van der Waals surface area (Å²) in [4.78, 5) is 26.7. The van der Waals surface area contributed by atoms with Gasteiger partial charge in [-0.05, 0) is 37.8 Å². The molecule has 0 aliphatic carbocycles. The molecular formula is C20H29ClN2O4. The van der Waals surface area contributed by atoms with Gasteiger partial charge in [-0.1, -0.05) is 25.4 Å². The second-order valence-electron chi connectivity index (χ2n) is 6.70. The van der Waals surface area contributed by atoms with Gasteiger partial charge in [-0.2, -0.15) is 0 Å². The Kier molecular flexibility index (Phi) is 8.23. The number of methoxy groups -OCH3 is 1. The Morgan fingerprint density at radius 1 is 1.22 bits per heavy atom. The van der Waals surface area contributed by atoms with E-state index in [9.17, 15) is 9.59 Å². The van der Waals surface area contributed by atoms with Crippen LogP contribution in [0.4, 0.5) is 0 Å². The minimum atomic E-state index is -0.107. The average Bonchev–Trinajstić information content (AvgIpc) is 2.70. The maximum atomic E-state index is 12.9. The van der Waals surface area contributed by atoms with Crippen LogP contribution in [0.2, 0.25) is 5.02 Å². The van der Waals surface area contributed by atoms with Gasteiger partial charge < -0.3 is 19.7 Å². The van der Waals surface area contributed by atoms with E-state index in [0.717, 1.165) is 12.8 Å². The van der Waals surface area contributed by atoms with Crippen LogP contribution in [-0.4, -0.2) is 50.1 Å². The number of benzene rings is 1. The van der Waals surface area contributed by atoms with E-state index in [1.807, 2.05) is 13.8 Å². The Labute approximate surface area is 166 Å². The van der Waals surface area contributed by atoms with E-state index in [0.29, 0.717) is 61.2 Å². The van der Waals surface area contributed by atoms with Gasteiger partial charge in [-0.25, -0.2) is 0 Å². The zero-order chi connectivity index (χ0) is 19.8. The van der Waals surface area contributed by atoms with E-state index in [1.165, 1.54) is 7.11 Å². The summed E-state index contributed by atoms with van der Waals surface area (Å²) in [5.41, 5.74) is 0.467. The number of rotatable bonds is 8. The number of nitrogens with zero attached hydrogens (tertiary/aromatic N) is 1. The lowest BCUT2D eigenvalue weighted by molar-refractivity contribution is -0.126. The first kappa shape index (κ1) is 21.4. The Hall–Kier alpha value is -1.95. The standard InChI is InChI=1S/C20H29ClN2O4/c1-4-8-22-19(24)14-6-9-23(10-7-14)20(25)15-12-16(21)18(27-11-5-2)17(13-15)26-3/h12-14H,4-11H2,1-3H3,(H,22,24). The molecule has 27 heavy (non-hydrogen) atoms. The molecule has 1 aromatic rings. The molecule has 1 fully saturated rings. The van der Waals surface area contributed by atoms with E-state index in [-0.39, 0.29) is 17.7 Å². The van der Waals surface area contributed by atoms with Crippen molar-refractivity contribution in [3.05, 3.63) is 22.7 Å². The van der Waals surface area contributed by atoms with E-state index in [1.54, 1.807) is 17.0 Å². The number of carbonyl (C=O) groups excluding carboxylic acids is 2. The Morgan fingerprint density at radius 2 is 1.93 bits per heavy atom. The monoisotopic (exact) mass is 396 g/mol. The third-order valence-corrected chi connectivity index (χ3v) is 4.91. The zero-order valence-corrected chi connectivity index (χ0v) is 17.1. The Balaban J connectivity index is 2.04. The van der Waals surface area contributed by atoms with Crippen LogP contribution in [0.15, 0.2) is 12.1 Å². The van der Waals surface area contributed by atoms with Crippen molar-refractivity contribution in [3.63, 3.8) is 0 Å². The van der Waals surface area contributed by atoms with Crippen LogP contribution in [-0.2, 0) is 4.79 Å². The molecule has 150 valence electrons. The molecule has 2 rings (SSSR count). The first-order valence-electron chi connectivity index (χ1n) is 9.59. The van der Waals surface area contributed by atoms with E-state index in [2.05, 4.69) is 5.32 Å². The number of amides is 2. The van der Waals surface area contributed by atoms with Crippen molar-refractivity contribution < 1.29 is 19.1 Å². The van der Waals surface area contributed by atoms with Crippen LogP contribution in [0, 0.1) is 5.92 Å². The maximum Gasteiger partial charge on any atom is 0.254 e. The average molecular weight is 397 g/mol. The number of halogens is 1. The molecule has 0 bridgehead atoms. The Morgan fingerprint density at radius 3 is 2.52 bits per heavy atom. The third kappa shape index (κ3) is 5.51. The molecule has 7 heteroatoms. The third-order valence-electron chi connectivity index (χ3n) is 4.63. The largest absolute Gasteiger partial charge is 0.493 e. The number of carbonyl (C=O) groups is 2. The SMILES string of the molecule is CCCNC(=O)C1CCN(C(=O)c2cc(Cl)c(OCCC)c(OC)c2)CC1. The molecule has 0 atom stereocenters. The fourth-order valence-electron chi connectivity index (χ4n) is 3.11. The molecule has 1 N–H and O–H groups in total. The fourth-order valence-corrected chi connectivity index (χ4v) is 3.37. The number of hydrogen-bond acceptors (Lipinski definition) is 4. The van der Waals surface area contributed by atoms with Crippen LogP contribution < -0.4 is 14.8 Å². The number of hydrogen-bond donors (Lipinski definition) is 1. The minimum Gasteiger partial charge on any atom is -0.493 e. The van der Waals surface area contributed by atoms with Crippen molar-refractivity contribution in [2.75, 3.05) is 33.4 Å². The van der Waals surface area contributed by atoms with E-state index < -0.39 is 0 Å². The molecule has 1 aliphatic rings. The van der Waals surface area contributed by atoms with E-state index >= 15 is 0 Å². The summed E-state index contributed by atoms with van der Waals surface area (Å²) in [7, 11) is 1.53. The van der Waals surface area contributed by atoms with Crippen molar-refractivity contribution in [2.24, 2.45) is 5.92 Å². The molecule has 0 aromatic heterocycles. The number of nitrogens with one attached hydrogen (secondary N) is 1. The van der Waals surface area contributed by atoms with E-state index in [4.69, 9.17) is 21.1 Å².